The van der Waals surface area contributed by atoms with Crippen molar-refractivity contribution in [3.63, 3.8) is 0 Å². The molecule has 0 aliphatic heterocycles. The molecular weight excluding hydrogens is 172 g/mol. The van der Waals surface area contributed by atoms with Gasteiger partial charge in [0, 0.05) is 5.92 Å². The number of Topliss-reactive ketones (excluding diaryl/α,β-unsaturated/α-hetero) is 1. The summed E-state index contributed by atoms with van der Waals surface area (Å²) in [5, 5.41) is 7.99. The lowest BCUT2D eigenvalue weighted by molar-refractivity contribution is -0.140. The van der Waals surface area contributed by atoms with Crippen LogP contribution in [-0.2, 0) is 14.4 Å². The van der Waals surface area contributed by atoms with Crippen LogP contribution in [-0.4, -0.2) is 23.1 Å². The van der Waals surface area contributed by atoms with Crippen molar-refractivity contribution in [2.45, 2.75) is 27.7 Å². The summed E-state index contributed by atoms with van der Waals surface area (Å²) in [6.45, 7) is 6.66. The number of aldehydes is 1. The van der Waals surface area contributed by atoms with E-state index in [0.717, 1.165) is 0 Å². The highest BCUT2D eigenvalue weighted by Gasteiger charge is 2.02. The first-order valence-corrected chi connectivity index (χ1v) is 4.04. The minimum atomic E-state index is -0.741. The molecule has 0 aliphatic rings. The van der Waals surface area contributed by atoms with Gasteiger partial charge in [-0.15, -0.1) is 0 Å². The lowest BCUT2D eigenvalue weighted by Gasteiger charge is -1.89. The third kappa shape index (κ3) is 10.8. The number of carbonyl (C=O) groups is 3. The molecule has 0 bridgehead atoms. The van der Waals surface area contributed by atoms with Crippen molar-refractivity contribution in [1.82, 2.24) is 0 Å². The monoisotopic (exact) mass is 188 g/mol. The minimum absolute atomic E-state index is 0.141. The average Bonchev–Trinajstić information content (AvgIpc) is 2.03. The van der Waals surface area contributed by atoms with E-state index < -0.39 is 5.97 Å². The molecule has 0 unspecified atom stereocenters. The number of carbonyl (C=O) groups excluding carboxylic acids is 2. The van der Waals surface area contributed by atoms with E-state index in [1.165, 1.54) is 0 Å². The van der Waals surface area contributed by atoms with Gasteiger partial charge in [0.2, 0.25) is 0 Å². The molecule has 4 nitrogen and oxygen atoms in total. The Morgan fingerprint density at radius 3 is 1.38 bits per heavy atom. The first-order valence-electron chi connectivity index (χ1n) is 4.04. The Labute approximate surface area is 77.9 Å². The molecule has 0 fully saturated rings. The maximum Gasteiger partial charge on any atom is 0.305 e. The van der Waals surface area contributed by atoms with E-state index in [-0.39, 0.29) is 17.6 Å². The second kappa shape index (κ2) is 7.46. The molecule has 0 aliphatic carbocycles. The van der Waals surface area contributed by atoms with E-state index >= 15 is 0 Å². The first kappa shape index (κ1) is 14.3. The molecule has 0 aromatic carbocycles. The Morgan fingerprint density at radius 2 is 1.38 bits per heavy atom. The number of hydrogen-bond donors (Lipinski definition) is 1. The van der Waals surface area contributed by atoms with Crippen molar-refractivity contribution in [3.8, 4) is 0 Å². The molecule has 0 amide bonds. The van der Waals surface area contributed by atoms with Gasteiger partial charge < -0.3 is 5.11 Å². The van der Waals surface area contributed by atoms with E-state index in [2.05, 4.69) is 0 Å². The van der Waals surface area contributed by atoms with Crippen LogP contribution in [0.25, 0.3) is 0 Å². The van der Waals surface area contributed by atoms with Crippen LogP contribution in [0.1, 0.15) is 27.7 Å². The predicted octanol–water partition coefficient (Wildman–Crippen LogP) is 1.14. The van der Waals surface area contributed by atoms with E-state index in [1.807, 2.05) is 0 Å². The smallest absolute Gasteiger partial charge is 0.305 e. The van der Waals surface area contributed by atoms with Gasteiger partial charge in [-0.2, -0.15) is 0 Å². The lowest BCUT2D eigenvalue weighted by Crippen LogP contribution is -2.06. The zero-order valence-electron chi connectivity index (χ0n) is 8.40. The zero-order chi connectivity index (χ0) is 11.0. The molecule has 0 spiro atoms. The van der Waals surface area contributed by atoms with E-state index in [9.17, 15) is 14.4 Å². The summed E-state index contributed by atoms with van der Waals surface area (Å²) < 4.78 is 0. The van der Waals surface area contributed by atoms with Crippen molar-refractivity contribution >= 4 is 18.0 Å². The van der Waals surface area contributed by atoms with Crippen molar-refractivity contribution < 1.29 is 19.5 Å². The van der Waals surface area contributed by atoms with Gasteiger partial charge in [-0.1, -0.05) is 27.7 Å². The number of aliphatic carboxylic acids is 1. The second-order valence-electron chi connectivity index (χ2n) is 3.17. The van der Waals surface area contributed by atoms with Crippen LogP contribution >= 0.6 is 0 Å². The highest BCUT2D eigenvalue weighted by atomic mass is 16.4. The van der Waals surface area contributed by atoms with Crippen LogP contribution in [0, 0.1) is 11.8 Å². The molecule has 4 heteroatoms. The van der Waals surface area contributed by atoms with Gasteiger partial charge in [0.15, 0.2) is 12.1 Å². The number of ketones is 1. The molecule has 0 saturated heterocycles. The lowest BCUT2D eigenvalue weighted by atomic mass is 10.1. The van der Waals surface area contributed by atoms with Gasteiger partial charge in [-0.25, -0.2) is 0 Å². The Bertz CT molecular complexity index is 182. The Hall–Kier alpha value is -1.19. The fraction of sp³-hybridized carbons (Fsp3) is 0.667. The normalized spacial score (nSPS) is 9.08. The maximum atomic E-state index is 10.1. The third-order valence-electron chi connectivity index (χ3n) is 1.18. The Kier molecular flexibility index (Phi) is 8.23. The van der Waals surface area contributed by atoms with Crippen LogP contribution in [0.5, 0.6) is 0 Å². The molecule has 0 heterocycles. The van der Waals surface area contributed by atoms with E-state index in [1.54, 1.807) is 27.7 Å². The largest absolute Gasteiger partial charge is 0.481 e. The Morgan fingerprint density at radius 1 is 1.08 bits per heavy atom. The summed E-state index contributed by atoms with van der Waals surface area (Å²) in [7, 11) is 0. The summed E-state index contributed by atoms with van der Waals surface area (Å²) in [5.74, 6) is -1.45. The van der Waals surface area contributed by atoms with Crippen LogP contribution in [0.2, 0.25) is 0 Å². The van der Waals surface area contributed by atoms with Gasteiger partial charge in [-0.3, -0.25) is 14.4 Å². The van der Waals surface area contributed by atoms with Gasteiger partial charge in [0.05, 0.1) is 5.92 Å². The molecule has 0 aromatic heterocycles. The number of carboxylic acids is 1. The summed E-state index contributed by atoms with van der Waals surface area (Å²) in [5.41, 5.74) is 0. The fourth-order valence-electron chi connectivity index (χ4n) is 0.136. The van der Waals surface area contributed by atoms with Crippen LogP contribution in [0.3, 0.4) is 0 Å². The average molecular weight is 188 g/mol. The Balaban J connectivity index is 0. The van der Waals surface area contributed by atoms with Crippen LogP contribution in [0.4, 0.5) is 0 Å². The van der Waals surface area contributed by atoms with Crippen molar-refractivity contribution in [3.05, 3.63) is 0 Å². The molecular formula is C9H16O4. The molecule has 0 radical (unpaired) electrons. The third-order valence-corrected chi connectivity index (χ3v) is 1.18. The van der Waals surface area contributed by atoms with Crippen molar-refractivity contribution in [2.75, 3.05) is 0 Å². The fourth-order valence-corrected chi connectivity index (χ4v) is 0.136. The predicted molar refractivity (Wildman–Crippen MR) is 48.4 cm³/mol. The molecule has 0 saturated carbocycles. The first-order chi connectivity index (χ1) is 5.82. The number of hydrogen-bond acceptors (Lipinski definition) is 3. The topological polar surface area (TPSA) is 71.4 Å². The number of rotatable bonds is 3. The molecule has 1 N–H and O–H groups in total. The van der Waals surface area contributed by atoms with E-state index in [4.69, 9.17) is 5.11 Å². The quantitative estimate of drug-likeness (QED) is 0.532. The molecule has 0 aromatic rings. The van der Waals surface area contributed by atoms with Crippen molar-refractivity contribution in [2.24, 2.45) is 11.8 Å². The van der Waals surface area contributed by atoms with Gasteiger partial charge in [0.1, 0.15) is 0 Å². The molecule has 0 atom stereocenters. The van der Waals surface area contributed by atoms with Gasteiger partial charge >= 0.3 is 5.97 Å². The highest BCUT2D eigenvalue weighted by Crippen LogP contribution is 1.88. The summed E-state index contributed by atoms with van der Waals surface area (Å²) >= 11 is 0. The SMILES string of the molecule is CC(C)C(=O)C=O.CC(C)C(=O)O. The van der Waals surface area contributed by atoms with Crippen molar-refractivity contribution in [1.29, 1.82) is 0 Å². The molecule has 76 valence electrons. The zero-order valence-corrected chi connectivity index (χ0v) is 8.40. The number of carboxylic acid groups (broad SMARTS) is 1. The summed E-state index contributed by atoms with van der Waals surface area (Å²) in [4.78, 5) is 29.4. The van der Waals surface area contributed by atoms with Crippen LogP contribution in [0.15, 0.2) is 0 Å². The summed E-state index contributed by atoms with van der Waals surface area (Å²) in [6, 6.07) is 0. The van der Waals surface area contributed by atoms with E-state index in [0.29, 0.717) is 6.29 Å². The second-order valence-corrected chi connectivity index (χ2v) is 3.17. The molecule has 13 heavy (non-hydrogen) atoms. The van der Waals surface area contributed by atoms with Crippen LogP contribution < -0.4 is 0 Å². The summed E-state index contributed by atoms with van der Waals surface area (Å²) in [6.07, 6.45) is 0.352. The maximum absolute atomic E-state index is 10.1. The van der Waals surface area contributed by atoms with Gasteiger partial charge in [-0.05, 0) is 0 Å². The highest BCUT2D eigenvalue weighted by molar-refractivity contribution is 6.25. The van der Waals surface area contributed by atoms with Gasteiger partial charge in [0.25, 0.3) is 0 Å². The standard InChI is InChI=1S/C5H8O2.C4H8O2/c1-4(2)5(7)3-6;1-3(2)4(5)6/h3-4H,1-2H3;3H,1-2H3,(H,5,6). The minimum Gasteiger partial charge on any atom is -0.481 e. The molecule has 0 rings (SSSR count).